The Kier molecular flexibility index (Phi) is 6.29. The number of nitrogens with two attached hydrogens (primary N) is 1. The Hall–Kier alpha value is -2.21. The molecule has 3 N–H and O–H groups in total. The fourth-order valence-corrected chi connectivity index (χ4v) is 2.90. The summed E-state index contributed by atoms with van der Waals surface area (Å²) in [7, 11) is 1.57. The van der Waals surface area contributed by atoms with Gasteiger partial charge in [-0.1, -0.05) is 23.9 Å². The van der Waals surface area contributed by atoms with Gasteiger partial charge in [-0.15, -0.1) is 0 Å². The van der Waals surface area contributed by atoms with E-state index in [4.69, 9.17) is 10.5 Å². The molecule has 122 valence electrons. The van der Waals surface area contributed by atoms with Crippen LogP contribution >= 0.6 is 11.8 Å². The van der Waals surface area contributed by atoms with Gasteiger partial charge in [0.15, 0.2) is 0 Å². The first-order valence-corrected chi connectivity index (χ1v) is 8.04. The van der Waals surface area contributed by atoms with Crippen molar-refractivity contribution in [2.24, 2.45) is 0 Å². The lowest BCUT2D eigenvalue weighted by Gasteiger charge is -2.12. The number of para-hydroxylation sites is 1. The first-order chi connectivity index (χ1) is 11.2. The molecule has 0 aromatic heterocycles. The molecule has 6 heteroatoms. The second-order valence-electron chi connectivity index (χ2n) is 4.77. The van der Waals surface area contributed by atoms with Crippen LogP contribution in [0.3, 0.4) is 0 Å². The summed E-state index contributed by atoms with van der Waals surface area (Å²) in [5, 5.41) is 2.62. The third-order valence-corrected chi connectivity index (χ3v) is 4.28. The fourth-order valence-electron chi connectivity index (χ4n) is 1.94. The molecule has 0 spiro atoms. The van der Waals surface area contributed by atoms with Crippen LogP contribution in [0, 0.1) is 0 Å². The number of anilines is 1. The molecule has 0 bridgehead atoms. The number of carbonyl (C=O) groups is 1. The highest BCUT2D eigenvalue weighted by atomic mass is 32.2. The van der Waals surface area contributed by atoms with Crippen molar-refractivity contribution < 1.29 is 13.9 Å². The molecule has 0 fully saturated rings. The lowest BCUT2D eigenvalue weighted by atomic mass is 10.2. The van der Waals surface area contributed by atoms with Crippen molar-refractivity contribution in [1.29, 1.82) is 0 Å². The molecule has 2 rings (SSSR count). The number of hydrogen-bond acceptors (Lipinski definition) is 4. The Morgan fingerprint density at radius 1 is 1.26 bits per heavy atom. The highest BCUT2D eigenvalue weighted by Gasteiger charge is 2.14. The summed E-state index contributed by atoms with van der Waals surface area (Å²) in [6.45, 7) is -0.147. The molecule has 0 heterocycles. The highest BCUT2D eigenvalue weighted by Crippen LogP contribution is 2.35. The van der Waals surface area contributed by atoms with Crippen LogP contribution in [-0.2, 0) is 0 Å². The van der Waals surface area contributed by atoms with Gasteiger partial charge in [-0.2, -0.15) is 0 Å². The van der Waals surface area contributed by atoms with Gasteiger partial charge in [-0.3, -0.25) is 9.18 Å². The van der Waals surface area contributed by atoms with Crippen LogP contribution in [0.15, 0.2) is 52.3 Å². The van der Waals surface area contributed by atoms with Gasteiger partial charge in [0.05, 0.1) is 18.8 Å². The summed E-state index contributed by atoms with van der Waals surface area (Å²) < 4.78 is 17.6. The average Bonchev–Trinajstić information content (AvgIpc) is 2.57. The van der Waals surface area contributed by atoms with E-state index in [2.05, 4.69) is 5.32 Å². The standard InChI is InChI=1S/C17H19FN2O2S/c1-20-17(21)13-11-12(22-10-4-9-18)7-8-15(13)23-16-6-3-2-5-14(16)19/h2-3,5-8,11H,4,9-10,19H2,1H3,(H,20,21). The van der Waals surface area contributed by atoms with E-state index in [1.807, 2.05) is 30.3 Å². The van der Waals surface area contributed by atoms with Crippen LogP contribution in [0.2, 0.25) is 0 Å². The third kappa shape index (κ3) is 4.63. The lowest BCUT2D eigenvalue weighted by molar-refractivity contribution is 0.0959. The molecule has 2 aromatic carbocycles. The van der Waals surface area contributed by atoms with Gasteiger partial charge in [0.2, 0.25) is 0 Å². The molecule has 0 radical (unpaired) electrons. The Morgan fingerprint density at radius 2 is 2.04 bits per heavy atom. The van der Waals surface area contributed by atoms with Crippen LogP contribution < -0.4 is 15.8 Å². The van der Waals surface area contributed by atoms with Gasteiger partial charge in [0, 0.05) is 28.9 Å². The summed E-state index contributed by atoms with van der Waals surface area (Å²) in [6, 6.07) is 12.7. The van der Waals surface area contributed by atoms with Gasteiger partial charge in [0.25, 0.3) is 5.91 Å². The average molecular weight is 334 g/mol. The van der Waals surface area contributed by atoms with Crippen LogP contribution in [-0.4, -0.2) is 26.2 Å². The maximum absolute atomic E-state index is 12.1. The Morgan fingerprint density at radius 3 is 2.74 bits per heavy atom. The molecule has 0 unspecified atom stereocenters. The zero-order valence-electron chi connectivity index (χ0n) is 12.8. The van der Waals surface area contributed by atoms with Crippen LogP contribution in [0.4, 0.5) is 10.1 Å². The van der Waals surface area contributed by atoms with Crippen LogP contribution in [0.5, 0.6) is 5.75 Å². The number of rotatable bonds is 7. The number of alkyl halides is 1. The summed E-state index contributed by atoms with van der Waals surface area (Å²) in [5.41, 5.74) is 7.11. The summed E-state index contributed by atoms with van der Waals surface area (Å²) in [4.78, 5) is 13.8. The number of amides is 1. The van der Waals surface area contributed by atoms with Crippen molar-refractivity contribution in [1.82, 2.24) is 5.32 Å². The Bertz CT molecular complexity index is 679. The van der Waals surface area contributed by atoms with E-state index in [0.717, 1.165) is 9.79 Å². The molecular weight excluding hydrogens is 315 g/mol. The zero-order chi connectivity index (χ0) is 16.7. The van der Waals surface area contributed by atoms with Crippen molar-refractivity contribution in [3.63, 3.8) is 0 Å². The second-order valence-corrected chi connectivity index (χ2v) is 5.85. The Labute approximate surface area is 139 Å². The highest BCUT2D eigenvalue weighted by molar-refractivity contribution is 7.99. The van der Waals surface area contributed by atoms with Crippen molar-refractivity contribution in [3.8, 4) is 5.75 Å². The molecule has 0 aliphatic rings. The quantitative estimate of drug-likeness (QED) is 0.601. The minimum absolute atomic E-state index is 0.210. The monoisotopic (exact) mass is 334 g/mol. The summed E-state index contributed by atoms with van der Waals surface area (Å²) in [6.07, 6.45) is 0.326. The first-order valence-electron chi connectivity index (χ1n) is 7.23. The zero-order valence-corrected chi connectivity index (χ0v) is 13.7. The molecule has 0 saturated carbocycles. The number of hydrogen-bond donors (Lipinski definition) is 2. The van der Waals surface area contributed by atoms with Crippen LogP contribution in [0.1, 0.15) is 16.8 Å². The maximum Gasteiger partial charge on any atom is 0.252 e. The van der Waals surface area contributed by atoms with Gasteiger partial charge in [-0.05, 0) is 30.3 Å². The van der Waals surface area contributed by atoms with E-state index in [9.17, 15) is 9.18 Å². The van der Waals surface area contributed by atoms with E-state index in [1.54, 1.807) is 19.2 Å². The Balaban J connectivity index is 2.27. The van der Waals surface area contributed by atoms with E-state index >= 15 is 0 Å². The summed E-state index contributed by atoms with van der Waals surface area (Å²) >= 11 is 1.42. The van der Waals surface area contributed by atoms with Gasteiger partial charge >= 0.3 is 0 Å². The smallest absolute Gasteiger partial charge is 0.252 e. The molecule has 0 saturated heterocycles. The number of halogens is 1. The third-order valence-electron chi connectivity index (χ3n) is 3.11. The van der Waals surface area contributed by atoms with E-state index in [0.29, 0.717) is 23.4 Å². The molecule has 2 aromatic rings. The van der Waals surface area contributed by atoms with Gasteiger partial charge < -0.3 is 15.8 Å². The predicted molar refractivity (Wildman–Crippen MR) is 90.9 cm³/mol. The number of ether oxygens (including phenoxy) is 1. The topological polar surface area (TPSA) is 64.3 Å². The minimum Gasteiger partial charge on any atom is -0.493 e. The van der Waals surface area contributed by atoms with Crippen LogP contribution in [0.25, 0.3) is 0 Å². The van der Waals surface area contributed by atoms with E-state index in [1.165, 1.54) is 11.8 Å². The SMILES string of the molecule is CNC(=O)c1cc(OCCCF)ccc1Sc1ccccc1N. The molecule has 0 aliphatic carbocycles. The molecule has 0 aliphatic heterocycles. The molecule has 0 atom stereocenters. The lowest BCUT2D eigenvalue weighted by Crippen LogP contribution is -2.18. The molecule has 1 amide bonds. The van der Waals surface area contributed by atoms with Crippen molar-refractivity contribution in [2.45, 2.75) is 16.2 Å². The van der Waals surface area contributed by atoms with Gasteiger partial charge in [-0.25, -0.2) is 0 Å². The van der Waals surface area contributed by atoms with Gasteiger partial charge in [0.1, 0.15) is 5.75 Å². The first kappa shape index (κ1) is 17.1. The second kappa shape index (κ2) is 8.43. The minimum atomic E-state index is -0.427. The normalized spacial score (nSPS) is 10.3. The van der Waals surface area contributed by atoms with Crippen molar-refractivity contribution in [3.05, 3.63) is 48.0 Å². The molecule has 23 heavy (non-hydrogen) atoms. The molecular formula is C17H19FN2O2S. The largest absolute Gasteiger partial charge is 0.493 e. The predicted octanol–water partition coefficient (Wildman–Crippen LogP) is 3.52. The van der Waals surface area contributed by atoms with E-state index < -0.39 is 6.67 Å². The number of nitrogen functional groups attached to an aromatic ring is 1. The fraction of sp³-hybridized carbons (Fsp3) is 0.235. The number of benzene rings is 2. The number of carbonyl (C=O) groups excluding carboxylic acids is 1. The van der Waals surface area contributed by atoms with E-state index in [-0.39, 0.29) is 12.5 Å². The maximum atomic E-state index is 12.1. The van der Waals surface area contributed by atoms with Crippen molar-refractivity contribution >= 4 is 23.4 Å². The van der Waals surface area contributed by atoms with Crippen molar-refractivity contribution in [2.75, 3.05) is 26.1 Å². The molecule has 4 nitrogen and oxygen atoms in total. The summed E-state index contributed by atoms with van der Waals surface area (Å²) in [5.74, 6) is 0.334. The number of nitrogens with one attached hydrogen (secondary N) is 1.